The number of aliphatic hydroxyl groups excluding tert-OH is 1. The summed E-state index contributed by atoms with van der Waals surface area (Å²) >= 11 is 0. The van der Waals surface area contributed by atoms with E-state index in [0.717, 1.165) is 38.5 Å². The van der Waals surface area contributed by atoms with Crippen LogP contribution >= 0.6 is 7.82 Å². The van der Waals surface area contributed by atoms with Crippen LogP contribution in [-0.2, 0) is 18.4 Å². The Morgan fingerprint density at radius 3 is 1.07 bits per heavy atom. The van der Waals surface area contributed by atoms with Gasteiger partial charge in [0.1, 0.15) is 13.2 Å². The lowest BCUT2D eigenvalue weighted by atomic mass is 10.0. The fourth-order valence-corrected chi connectivity index (χ4v) is 10.6. The molecule has 73 heavy (non-hydrogen) atoms. The van der Waals surface area contributed by atoms with Crippen LogP contribution in [-0.4, -0.2) is 68.5 Å². The first-order valence-electron chi connectivity index (χ1n) is 32.2. The van der Waals surface area contributed by atoms with Crippen LogP contribution in [0, 0.1) is 0 Å². The van der Waals surface area contributed by atoms with Gasteiger partial charge in [-0.25, -0.2) is 0 Å². The maximum absolute atomic E-state index is 13.0. The van der Waals surface area contributed by atoms with E-state index < -0.39 is 20.0 Å². The molecule has 0 aromatic carbocycles. The van der Waals surface area contributed by atoms with Gasteiger partial charge in [0.05, 0.1) is 39.9 Å². The Morgan fingerprint density at radius 2 is 0.753 bits per heavy atom. The maximum atomic E-state index is 13.0. The molecule has 0 aliphatic rings. The topological polar surface area (TPSA) is 108 Å². The summed E-state index contributed by atoms with van der Waals surface area (Å²) in [6.07, 6.45) is 71.4. The van der Waals surface area contributed by atoms with Crippen molar-refractivity contribution in [3.8, 4) is 0 Å². The molecule has 3 unspecified atom stereocenters. The van der Waals surface area contributed by atoms with E-state index in [4.69, 9.17) is 9.05 Å². The van der Waals surface area contributed by atoms with Gasteiger partial charge in [-0.05, 0) is 44.9 Å². The maximum Gasteiger partial charge on any atom is 0.268 e. The summed E-state index contributed by atoms with van der Waals surface area (Å²) in [5.41, 5.74) is 0. The van der Waals surface area contributed by atoms with Crippen LogP contribution in [0.5, 0.6) is 0 Å². The molecular weight excluding hydrogens is 924 g/mol. The molecule has 9 heteroatoms. The number of hydrogen-bond acceptors (Lipinski definition) is 6. The minimum Gasteiger partial charge on any atom is -0.756 e. The fourth-order valence-electron chi connectivity index (χ4n) is 9.86. The van der Waals surface area contributed by atoms with Gasteiger partial charge < -0.3 is 28.8 Å². The number of amides is 1. The predicted octanol–water partition coefficient (Wildman–Crippen LogP) is 19.3. The lowest BCUT2D eigenvalue weighted by Crippen LogP contribution is -2.45. The highest BCUT2D eigenvalue weighted by atomic mass is 31.2. The Morgan fingerprint density at radius 1 is 0.466 bits per heavy atom. The van der Waals surface area contributed by atoms with E-state index >= 15 is 0 Å². The lowest BCUT2D eigenvalue weighted by molar-refractivity contribution is -0.870. The summed E-state index contributed by atoms with van der Waals surface area (Å²) in [6, 6.07) is -0.883. The number of carbonyl (C=O) groups is 1. The number of carbonyl (C=O) groups excluding carboxylic acids is 1. The van der Waals surface area contributed by atoms with E-state index in [0.29, 0.717) is 17.4 Å². The van der Waals surface area contributed by atoms with Crippen molar-refractivity contribution in [2.75, 3.05) is 40.9 Å². The van der Waals surface area contributed by atoms with Crippen LogP contribution in [0.4, 0.5) is 0 Å². The van der Waals surface area contributed by atoms with Crippen molar-refractivity contribution in [3.63, 3.8) is 0 Å². The van der Waals surface area contributed by atoms with E-state index in [1.807, 2.05) is 27.2 Å². The number of rotatable bonds is 60. The van der Waals surface area contributed by atoms with Crippen LogP contribution in [0.3, 0.4) is 0 Å². The molecule has 8 nitrogen and oxygen atoms in total. The third-order valence-electron chi connectivity index (χ3n) is 14.9. The highest BCUT2D eigenvalue weighted by Gasteiger charge is 2.23. The number of phosphoric ester groups is 1. The molecule has 2 N–H and O–H groups in total. The molecule has 0 spiro atoms. The van der Waals surface area contributed by atoms with Crippen LogP contribution < -0.4 is 10.2 Å². The second-order valence-electron chi connectivity index (χ2n) is 23.5. The Kier molecular flexibility index (Phi) is 54.9. The number of nitrogens with one attached hydrogen (secondary N) is 1. The minimum atomic E-state index is -4.59. The average Bonchev–Trinajstić information content (AvgIpc) is 3.35. The number of quaternary nitrogens is 1. The van der Waals surface area contributed by atoms with E-state index in [1.165, 1.54) is 270 Å². The first-order chi connectivity index (χ1) is 35.5. The second kappa shape index (κ2) is 55.7. The molecular formula is C64H127N2O6P. The molecule has 0 aromatic rings. The molecule has 1 amide bonds. The van der Waals surface area contributed by atoms with E-state index in [1.54, 1.807) is 6.08 Å². The van der Waals surface area contributed by atoms with E-state index in [2.05, 4.69) is 31.3 Å². The predicted molar refractivity (Wildman–Crippen MR) is 316 cm³/mol. The fraction of sp³-hybridized carbons (Fsp3) is 0.922. The van der Waals surface area contributed by atoms with Crippen molar-refractivity contribution >= 4 is 13.7 Å². The third kappa shape index (κ3) is 58.5. The Balaban J connectivity index is 3.95. The molecule has 0 rings (SSSR count). The lowest BCUT2D eigenvalue weighted by Gasteiger charge is -2.29. The summed E-state index contributed by atoms with van der Waals surface area (Å²) in [5, 5.41) is 13.9. The zero-order valence-electron chi connectivity index (χ0n) is 49.6. The van der Waals surface area contributed by atoms with Gasteiger partial charge in [0.15, 0.2) is 0 Å². The Labute approximate surface area is 455 Å². The molecule has 3 atom stereocenters. The molecule has 0 fully saturated rings. The van der Waals surface area contributed by atoms with Crippen LogP contribution in [0.25, 0.3) is 0 Å². The van der Waals surface area contributed by atoms with Gasteiger partial charge in [-0.15, -0.1) is 0 Å². The Bertz CT molecular complexity index is 1240. The van der Waals surface area contributed by atoms with Gasteiger partial charge in [0, 0.05) is 6.42 Å². The van der Waals surface area contributed by atoms with Gasteiger partial charge in [-0.2, -0.15) is 0 Å². The molecule has 0 saturated carbocycles. The summed E-state index contributed by atoms with van der Waals surface area (Å²) < 4.78 is 23.4. The largest absolute Gasteiger partial charge is 0.756 e. The number of likely N-dealkylation sites (N-methyl/N-ethyl adjacent to an activating group) is 1. The highest BCUT2D eigenvalue weighted by molar-refractivity contribution is 7.45. The van der Waals surface area contributed by atoms with Crippen molar-refractivity contribution in [1.29, 1.82) is 0 Å². The number of nitrogens with zero attached hydrogens (tertiary/aromatic N) is 1. The molecule has 0 heterocycles. The van der Waals surface area contributed by atoms with Gasteiger partial charge in [-0.1, -0.05) is 301 Å². The number of allylic oxidation sites excluding steroid dienone is 3. The Hall–Kier alpha value is -1.02. The monoisotopic (exact) mass is 1050 g/mol. The second-order valence-corrected chi connectivity index (χ2v) is 24.9. The van der Waals surface area contributed by atoms with E-state index in [9.17, 15) is 19.4 Å². The minimum absolute atomic E-state index is 0.00184. The number of aliphatic hydroxyl groups is 1. The van der Waals surface area contributed by atoms with Crippen molar-refractivity contribution in [1.82, 2.24) is 5.32 Å². The number of hydrogen-bond donors (Lipinski definition) is 2. The average molecular weight is 1050 g/mol. The molecule has 0 aliphatic heterocycles. The molecule has 434 valence electrons. The first kappa shape index (κ1) is 72.0. The summed E-state index contributed by atoms with van der Waals surface area (Å²) in [4.78, 5) is 25.5. The highest BCUT2D eigenvalue weighted by Crippen LogP contribution is 2.38. The van der Waals surface area contributed by atoms with Gasteiger partial charge in [0.25, 0.3) is 7.82 Å². The number of unbranched alkanes of at least 4 members (excludes halogenated alkanes) is 45. The van der Waals surface area contributed by atoms with Crippen molar-refractivity contribution in [2.24, 2.45) is 0 Å². The quantitative estimate of drug-likeness (QED) is 0.0272. The summed E-state index contributed by atoms with van der Waals surface area (Å²) in [7, 11) is 1.28. The standard InChI is InChI=1S/C64H127N2O6P/c1-6-8-10-12-14-16-18-20-22-24-25-26-27-28-29-30-31-32-33-34-35-36-37-38-39-40-41-42-44-46-48-50-52-54-56-58-64(68)65-62(61-72-73(69,70)71-60-59-66(3,4)5)63(67)57-55-53-51-49-47-45-43-23-21-19-17-15-13-11-9-7-2/h24-25,55,57,62-63,67H,6-23,26-54,56,58-61H2,1-5H3,(H-,65,68,69,70)/b25-24-,57-55+. The zero-order valence-corrected chi connectivity index (χ0v) is 50.5. The smallest absolute Gasteiger partial charge is 0.268 e. The van der Waals surface area contributed by atoms with Crippen molar-refractivity contribution < 1.29 is 32.9 Å². The number of phosphoric acid groups is 1. The molecule has 0 radical (unpaired) electrons. The van der Waals surface area contributed by atoms with Crippen LogP contribution in [0.2, 0.25) is 0 Å². The van der Waals surface area contributed by atoms with Crippen molar-refractivity contribution in [3.05, 3.63) is 24.3 Å². The zero-order chi connectivity index (χ0) is 53.5. The van der Waals surface area contributed by atoms with Crippen LogP contribution in [0.1, 0.15) is 328 Å². The van der Waals surface area contributed by atoms with Gasteiger partial charge in [-0.3, -0.25) is 9.36 Å². The van der Waals surface area contributed by atoms with Gasteiger partial charge in [0.2, 0.25) is 5.91 Å². The van der Waals surface area contributed by atoms with Crippen molar-refractivity contribution in [2.45, 2.75) is 341 Å². The summed E-state index contributed by atoms with van der Waals surface area (Å²) in [6.45, 7) is 4.69. The van der Waals surface area contributed by atoms with Gasteiger partial charge >= 0.3 is 0 Å². The molecule has 0 bridgehead atoms. The SMILES string of the molecule is CCCCCCCCCC/C=C\CCCCCCCCCCCCCCCCCCCCCCCCCC(=O)NC(COP(=O)([O-])OCC[N+](C)(C)C)C(O)/C=C/CCCCCCCCCCCCCCCC. The molecule has 0 aromatic heterocycles. The molecule has 0 aliphatic carbocycles. The normalized spacial score (nSPS) is 13.9. The third-order valence-corrected chi connectivity index (χ3v) is 15.9. The molecule has 0 saturated heterocycles. The van der Waals surface area contributed by atoms with Crippen LogP contribution in [0.15, 0.2) is 24.3 Å². The first-order valence-corrected chi connectivity index (χ1v) is 33.7. The summed E-state index contributed by atoms with van der Waals surface area (Å²) in [5.74, 6) is -0.190. The van der Waals surface area contributed by atoms with E-state index in [-0.39, 0.29) is 19.1 Å².